The van der Waals surface area contributed by atoms with Crippen LogP contribution in [-0.4, -0.2) is 62.6 Å². The van der Waals surface area contributed by atoms with Crippen molar-refractivity contribution >= 4 is 11.8 Å². The summed E-state index contributed by atoms with van der Waals surface area (Å²) >= 11 is 0. The lowest BCUT2D eigenvalue weighted by Gasteiger charge is -2.35. The Morgan fingerprint density at radius 2 is 1.68 bits per heavy atom. The first kappa shape index (κ1) is 24.2. The van der Waals surface area contributed by atoms with Gasteiger partial charge in [-0.15, -0.1) is 0 Å². The summed E-state index contributed by atoms with van der Waals surface area (Å²) in [6.45, 7) is 5.68. The Kier molecular flexibility index (Phi) is 6.95. The SMILES string of the molecule is CC(C)c1c(C(=O)N2CCN(C(=O)CC3CCCC3)CC2)cnn1-c1ccc(C(F)(F)F)cn1. The topological polar surface area (TPSA) is 71.3 Å². The second-order valence-corrected chi connectivity index (χ2v) is 9.44. The van der Waals surface area contributed by atoms with Crippen LogP contribution in [0.25, 0.3) is 5.82 Å². The quantitative estimate of drug-likeness (QED) is 0.645. The van der Waals surface area contributed by atoms with Crippen molar-refractivity contribution < 1.29 is 22.8 Å². The number of aromatic nitrogens is 3. The van der Waals surface area contributed by atoms with E-state index in [4.69, 9.17) is 0 Å². The van der Waals surface area contributed by atoms with Crippen molar-refractivity contribution in [2.75, 3.05) is 26.2 Å². The Bertz CT molecular complexity index is 1020. The minimum atomic E-state index is -4.47. The van der Waals surface area contributed by atoms with Crippen molar-refractivity contribution in [2.45, 2.75) is 58.0 Å². The molecule has 1 saturated heterocycles. The molecule has 1 aliphatic heterocycles. The van der Waals surface area contributed by atoms with E-state index in [1.165, 1.54) is 29.8 Å². The predicted octanol–water partition coefficient (Wildman–Crippen LogP) is 4.27. The van der Waals surface area contributed by atoms with Gasteiger partial charge >= 0.3 is 6.18 Å². The maximum Gasteiger partial charge on any atom is 0.417 e. The van der Waals surface area contributed by atoms with Gasteiger partial charge in [0.15, 0.2) is 5.82 Å². The molecule has 1 saturated carbocycles. The molecule has 0 unspecified atom stereocenters. The molecule has 0 spiro atoms. The highest BCUT2D eigenvalue weighted by atomic mass is 19.4. The van der Waals surface area contributed by atoms with Gasteiger partial charge < -0.3 is 9.80 Å². The first-order valence-corrected chi connectivity index (χ1v) is 11.8. The normalized spacial score (nSPS) is 17.6. The van der Waals surface area contributed by atoms with Gasteiger partial charge in [0.05, 0.1) is 23.0 Å². The number of nitrogens with zero attached hydrogens (tertiary/aromatic N) is 5. The molecule has 7 nitrogen and oxygen atoms in total. The summed E-state index contributed by atoms with van der Waals surface area (Å²) in [5.74, 6) is 0.580. The molecule has 0 bridgehead atoms. The molecule has 2 amide bonds. The first-order valence-electron chi connectivity index (χ1n) is 11.8. The van der Waals surface area contributed by atoms with Gasteiger partial charge in [0.25, 0.3) is 5.91 Å². The number of hydrogen-bond acceptors (Lipinski definition) is 4. The molecule has 184 valence electrons. The number of hydrogen-bond donors (Lipinski definition) is 0. The van der Waals surface area contributed by atoms with Crippen molar-refractivity contribution in [1.29, 1.82) is 0 Å². The maximum absolute atomic E-state index is 13.3. The second kappa shape index (κ2) is 9.76. The minimum absolute atomic E-state index is 0.111. The molecular weight excluding hydrogens is 447 g/mol. The van der Waals surface area contributed by atoms with Crippen LogP contribution in [0.5, 0.6) is 0 Å². The lowest BCUT2D eigenvalue weighted by atomic mass is 10.0. The largest absolute Gasteiger partial charge is 0.417 e. The summed E-state index contributed by atoms with van der Waals surface area (Å²) in [5, 5.41) is 4.28. The standard InChI is InChI=1S/C24H30F3N5O2/c1-16(2)22-19(15-29-32(22)20-8-7-18(14-28-20)24(25,26)27)23(34)31-11-9-30(10-12-31)21(33)13-17-5-3-4-6-17/h7-8,14-17H,3-6,9-13H2,1-2H3. The molecule has 2 aromatic rings. The monoisotopic (exact) mass is 477 g/mol. The molecule has 34 heavy (non-hydrogen) atoms. The lowest BCUT2D eigenvalue weighted by molar-refractivity contribution is -0.138. The molecule has 0 atom stereocenters. The van der Waals surface area contributed by atoms with E-state index in [1.54, 1.807) is 4.90 Å². The van der Waals surface area contributed by atoms with Crippen LogP contribution < -0.4 is 0 Å². The van der Waals surface area contributed by atoms with E-state index < -0.39 is 11.7 Å². The lowest BCUT2D eigenvalue weighted by Crippen LogP contribution is -2.51. The van der Waals surface area contributed by atoms with E-state index in [0.29, 0.717) is 49.8 Å². The number of halogens is 3. The highest BCUT2D eigenvalue weighted by molar-refractivity contribution is 5.95. The van der Waals surface area contributed by atoms with E-state index >= 15 is 0 Å². The molecule has 0 radical (unpaired) electrons. The molecule has 1 aliphatic carbocycles. The van der Waals surface area contributed by atoms with Crippen LogP contribution >= 0.6 is 0 Å². The molecule has 2 fully saturated rings. The zero-order valence-electron chi connectivity index (χ0n) is 19.5. The average molecular weight is 478 g/mol. The van der Waals surface area contributed by atoms with E-state index in [-0.39, 0.29) is 23.6 Å². The van der Waals surface area contributed by atoms with E-state index in [9.17, 15) is 22.8 Å². The third-order valence-electron chi connectivity index (χ3n) is 6.73. The zero-order valence-corrected chi connectivity index (χ0v) is 19.5. The summed E-state index contributed by atoms with van der Waals surface area (Å²) in [6, 6.07) is 2.21. The fourth-order valence-electron chi connectivity index (χ4n) is 4.86. The third-order valence-corrected chi connectivity index (χ3v) is 6.73. The third kappa shape index (κ3) is 5.10. The summed E-state index contributed by atoms with van der Waals surface area (Å²) < 4.78 is 40.1. The van der Waals surface area contributed by atoms with Gasteiger partial charge in [0, 0.05) is 38.8 Å². The Morgan fingerprint density at radius 3 is 2.24 bits per heavy atom. The summed E-state index contributed by atoms with van der Waals surface area (Å²) in [6.07, 6.45) is 3.00. The van der Waals surface area contributed by atoms with Gasteiger partial charge in [-0.3, -0.25) is 9.59 Å². The van der Waals surface area contributed by atoms with Crippen molar-refractivity contribution in [1.82, 2.24) is 24.6 Å². The molecular formula is C24H30F3N5O2. The molecule has 0 aromatic carbocycles. The van der Waals surface area contributed by atoms with Crippen molar-refractivity contribution in [3.8, 4) is 5.82 Å². The van der Waals surface area contributed by atoms with Crippen LogP contribution in [-0.2, 0) is 11.0 Å². The molecule has 10 heteroatoms. The van der Waals surface area contributed by atoms with Gasteiger partial charge in [-0.05, 0) is 36.8 Å². The molecule has 3 heterocycles. The highest BCUT2D eigenvalue weighted by Gasteiger charge is 2.32. The predicted molar refractivity (Wildman–Crippen MR) is 120 cm³/mol. The second-order valence-electron chi connectivity index (χ2n) is 9.44. The van der Waals surface area contributed by atoms with Crippen molar-refractivity contribution in [2.24, 2.45) is 5.92 Å². The van der Waals surface area contributed by atoms with E-state index in [0.717, 1.165) is 25.1 Å². The van der Waals surface area contributed by atoms with Crippen molar-refractivity contribution in [3.63, 3.8) is 0 Å². The van der Waals surface area contributed by atoms with Gasteiger partial charge in [-0.25, -0.2) is 9.67 Å². The van der Waals surface area contributed by atoms with Crippen LogP contribution in [0.1, 0.15) is 73.5 Å². The van der Waals surface area contributed by atoms with Gasteiger partial charge in [-0.2, -0.15) is 18.3 Å². The smallest absolute Gasteiger partial charge is 0.339 e. The fraction of sp³-hybridized carbons (Fsp3) is 0.583. The van der Waals surface area contributed by atoms with Crippen LogP contribution in [0.4, 0.5) is 13.2 Å². The number of piperazine rings is 1. The van der Waals surface area contributed by atoms with Crippen LogP contribution in [0.2, 0.25) is 0 Å². The summed E-state index contributed by atoms with van der Waals surface area (Å²) in [5.41, 5.74) is 0.158. The number of carbonyl (C=O) groups is 2. The fourth-order valence-corrected chi connectivity index (χ4v) is 4.86. The number of alkyl halides is 3. The highest BCUT2D eigenvalue weighted by Crippen LogP contribution is 2.30. The number of pyridine rings is 1. The minimum Gasteiger partial charge on any atom is -0.339 e. The van der Waals surface area contributed by atoms with Crippen LogP contribution in [0.15, 0.2) is 24.5 Å². The molecule has 0 N–H and O–H groups in total. The van der Waals surface area contributed by atoms with Crippen LogP contribution in [0.3, 0.4) is 0 Å². The summed E-state index contributed by atoms with van der Waals surface area (Å²) in [4.78, 5) is 33.4. The number of rotatable bonds is 5. The number of amides is 2. The first-order chi connectivity index (χ1) is 16.1. The Balaban J connectivity index is 1.45. The number of carbonyl (C=O) groups excluding carboxylic acids is 2. The van der Waals surface area contributed by atoms with Crippen LogP contribution in [0, 0.1) is 5.92 Å². The average Bonchev–Trinajstić information content (AvgIpc) is 3.48. The molecule has 2 aliphatic rings. The van der Waals surface area contributed by atoms with E-state index in [2.05, 4.69) is 10.1 Å². The Morgan fingerprint density at radius 1 is 1.03 bits per heavy atom. The molecule has 2 aromatic heterocycles. The summed E-state index contributed by atoms with van der Waals surface area (Å²) in [7, 11) is 0. The van der Waals surface area contributed by atoms with Gasteiger partial charge in [-0.1, -0.05) is 26.7 Å². The van der Waals surface area contributed by atoms with Gasteiger partial charge in [0.1, 0.15) is 0 Å². The maximum atomic E-state index is 13.3. The van der Waals surface area contributed by atoms with E-state index in [1.807, 2.05) is 18.7 Å². The Hall–Kier alpha value is -2.91. The van der Waals surface area contributed by atoms with Gasteiger partial charge in [0.2, 0.25) is 5.91 Å². The molecule has 4 rings (SSSR count). The Labute approximate surface area is 196 Å². The van der Waals surface area contributed by atoms with Crippen molar-refractivity contribution in [3.05, 3.63) is 41.3 Å². The zero-order chi connectivity index (χ0) is 24.5.